The van der Waals surface area contributed by atoms with Crippen molar-refractivity contribution in [2.24, 2.45) is 11.8 Å². The molecule has 2 amide bonds. The number of carbonyl (C=O) groups excluding carboxylic acids is 2. The quantitative estimate of drug-likeness (QED) is 0.544. The molecule has 2 atom stereocenters. The summed E-state index contributed by atoms with van der Waals surface area (Å²) in [5.41, 5.74) is 5.37. The topological polar surface area (TPSA) is 80.3 Å². The Morgan fingerprint density at radius 1 is 1.46 bits per heavy atom. The van der Waals surface area contributed by atoms with Gasteiger partial charge >= 0.3 is 0 Å². The third kappa shape index (κ3) is 3.72. The molecule has 1 saturated carbocycles. The number of nitrogens with one attached hydrogen (secondary N) is 2. The van der Waals surface area contributed by atoms with Crippen LogP contribution < -0.4 is 15.6 Å². The van der Waals surface area contributed by atoms with Crippen molar-refractivity contribution in [2.75, 3.05) is 6.61 Å². The third-order valence-electron chi connectivity index (χ3n) is 3.87. The van der Waals surface area contributed by atoms with E-state index in [1.54, 1.807) is 18.3 Å². The zero-order chi connectivity index (χ0) is 17.3. The maximum Gasteiger partial charge on any atom is 0.276 e. The van der Waals surface area contributed by atoms with Gasteiger partial charge in [0.2, 0.25) is 5.91 Å². The lowest BCUT2D eigenvalue weighted by molar-refractivity contribution is -0.130. The molecule has 1 aromatic heterocycles. The van der Waals surface area contributed by atoms with Crippen molar-refractivity contribution in [3.05, 3.63) is 33.0 Å². The Morgan fingerprint density at radius 2 is 2.21 bits per heavy atom. The number of aromatic nitrogens is 1. The van der Waals surface area contributed by atoms with Crippen molar-refractivity contribution in [2.45, 2.75) is 13.3 Å². The van der Waals surface area contributed by atoms with Crippen LogP contribution in [0.3, 0.4) is 0 Å². The van der Waals surface area contributed by atoms with Gasteiger partial charge in [-0.3, -0.25) is 25.4 Å². The molecular weight excluding hydrogens is 445 g/mol. The van der Waals surface area contributed by atoms with Gasteiger partial charge in [-0.05, 0) is 53.1 Å². The maximum absolute atomic E-state index is 11.9. The van der Waals surface area contributed by atoms with E-state index in [4.69, 9.17) is 16.3 Å². The number of pyridine rings is 1. The number of fused-ring (bicyclic) bond motifs is 1. The van der Waals surface area contributed by atoms with Gasteiger partial charge in [-0.15, -0.1) is 0 Å². The van der Waals surface area contributed by atoms with Crippen LogP contribution in [0.4, 0.5) is 0 Å². The lowest BCUT2D eigenvalue weighted by atomic mass is 10.2. The van der Waals surface area contributed by atoms with Gasteiger partial charge in [0.05, 0.1) is 8.59 Å². The van der Waals surface area contributed by atoms with E-state index >= 15 is 0 Å². The Labute approximate surface area is 157 Å². The van der Waals surface area contributed by atoms with E-state index in [0.717, 1.165) is 15.4 Å². The van der Waals surface area contributed by atoms with Crippen LogP contribution in [-0.2, 0) is 9.59 Å². The van der Waals surface area contributed by atoms with Crippen LogP contribution in [0.25, 0.3) is 10.9 Å². The summed E-state index contributed by atoms with van der Waals surface area (Å²) in [5.74, 6) is 0.270. The molecule has 1 aliphatic rings. The fourth-order valence-electron chi connectivity index (χ4n) is 2.37. The molecular formula is C16H15ClIN3O3. The molecule has 1 fully saturated rings. The number of amides is 2. The first-order valence-electron chi connectivity index (χ1n) is 7.41. The summed E-state index contributed by atoms with van der Waals surface area (Å²) in [6.45, 7) is 1.76. The number of hydrazine groups is 1. The van der Waals surface area contributed by atoms with Crippen LogP contribution in [0, 0.1) is 15.4 Å². The Kier molecular flexibility index (Phi) is 5.09. The molecule has 0 spiro atoms. The average molecular weight is 460 g/mol. The summed E-state index contributed by atoms with van der Waals surface area (Å²) in [7, 11) is 0. The van der Waals surface area contributed by atoms with E-state index in [2.05, 4.69) is 38.4 Å². The number of rotatable bonds is 4. The van der Waals surface area contributed by atoms with E-state index < -0.39 is 5.91 Å². The van der Waals surface area contributed by atoms with Crippen molar-refractivity contribution in [3.8, 4) is 5.75 Å². The first kappa shape index (κ1) is 17.2. The predicted octanol–water partition coefficient (Wildman–Crippen LogP) is 2.68. The molecule has 0 radical (unpaired) electrons. The maximum atomic E-state index is 11.9. The second kappa shape index (κ2) is 7.10. The Morgan fingerprint density at radius 3 is 2.92 bits per heavy atom. The van der Waals surface area contributed by atoms with Gasteiger partial charge in [0.15, 0.2) is 12.4 Å². The SMILES string of the molecule is C[C@H]1C[C@@H]1C(=O)NNC(=O)COc1c(I)cc(Cl)c2cccnc12. The monoisotopic (exact) mass is 459 g/mol. The third-order valence-corrected chi connectivity index (χ3v) is 4.98. The smallest absolute Gasteiger partial charge is 0.276 e. The minimum absolute atomic E-state index is 0.00317. The van der Waals surface area contributed by atoms with Gasteiger partial charge in [0.1, 0.15) is 5.52 Å². The van der Waals surface area contributed by atoms with Gasteiger partial charge < -0.3 is 4.74 Å². The molecule has 3 rings (SSSR count). The highest BCUT2D eigenvalue weighted by atomic mass is 127. The van der Waals surface area contributed by atoms with E-state index in [1.165, 1.54) is 0 Å². The van der Waals surface area contributed by atoms with Crippen LogP contribution in [0.15, 0.2) is 24.4 Å². The van der Waals surface area contributed by atoms with E-state index in [-0.39, 0.29) is 18.4 Å². The zero-order valence-corrected chi connectivity index (χ0v) is 15.7. The number of ether oxygens (including phenoxy) is 1. The normalized spacial score (nSPS) is 19.0. The minimum atomic E-state index is -0.438. The molecule has 1 aliphatic carbocycles. The number of halogens is 2. The van der Waals surface area contributed by atoms with E-state index in [0.29, 0.717) is 22.2 Å². The summed E-state index contributed by atoms with van der Waals surface area (Å²) in [6.07, 6.45) is 2.50. The van der Waals surface area contributed by atoms with Crippen molar-refractivity contribution >= 4 is 56.9 Å². The molecule has 1 aromatic carbocycles. The standard InChI is InChI=1S/C16H15ClIN3O3/c1-8-5-10(8)16(23)21-20-13(22)7-24-15-12(18)6-11(17)9-3-2-4-19-14(9)15/h2-4,6,8,10H,5,7H2,1H3,(H,20,22)(H,21,23)/t8-,10-/m0/s1. The first-order valence-corrected chi connectivity index (χ1v) is 8.87. The van der Waals surface area contributed by atoms with Crippen molar-refractivity contribution < 1.29 is 14.3 Å². The molecule has 126 valence electrons. The number of nitrogens with zero attached hydrogens (tertiary/aromatic N) is 1. The Bertz CT molecular complexity index is 814. The zero-order valence-electron chi connectivity index (χ0n) is 12.8. The van der Waals surface area contributed by atoms with Crippen molar-refractivity contribution in [1.29, 1.82) is 0 Å². The lowest BCUT2D eigenvalue weighted by Gasteiger charge is -2.12. The van der Waals surface area contributed by atoms with Gasteiger partial charge in [0.25, 0.3) is 5.91 Å². The van der Waals surface area contributed by atoms with Crippen molar-refractivity contribution in [1.82, 2.24) is 15.8 Å². The molecule has 2 aromatic rings. The molecule has 24 heavy (non-hydrogen) atoms. The van der Waals surface area contributed by atoms with Crippen LogP contribution in [0.5, 0.6) is 5.75 Å². The van der Waals surface area contributed by atoms with E-state index in [9.17, 15) is 9.59 Å². The molecule has 0 saturated heterocycles. The van der Waals surface area contributed by atoms with E-state index in [1.807, 2.05) is 13.0 Å². The van der Waals surface area contributed by atoms with Crippen LogP contribution >= 0.6 is 34.2 Å². The number of benzene rings is 1. The van der Waals surface area contributed by atoms with Gasteiger partial charge in [-0.1, -0.05) is 18.5 Å². The molecule has 2 N–H and O–H groups in total. The molecule has 8 heteroatoms. The van der Waals surface area contributed by atoms with Crippen LogP contribution in [-0.4, -0.2) is 23.4 Å². The highest BCUT2D eigenvalue weighted by molar-refractivity contribution is 14.1. The summed E-state index contributed by atoms with van der Waals surface area (Å²) in [5, 5.41) is 1.33. The lowest BCUT2D eigenvalue weighted by Crippen LogP contribution is -2.44. The second-order valence-corrected chi connectivity index (χ2v) is 7.28. The largest absolute Gasteiger partial charge is 0.480 e. The summed E-state index contributed by atoms with van der Waals surface area (Å²) in [4.78, 5) is 27.8. The summed E-state index contributed by atoms with van der Waals surface area (Å²) < 4.78 is 6.36. The summed E-state index contributed by atoms with van der Waals surface area (Å²) in [6, 6.07) is 5.38. The Hall–Kier alpha value is -1.61. The van der Waals surface area contributed by atoms with Crippen LogP contribution in [0.2, 0.25) is 5.02 Å². The molecule has 0 bridgehead atoms. The summed E-state index contributed by atoms with van der Waals surface area (Å²) >= 11 is 8.28. The minimum Gasteiger partial charge on any atom is -0.480 e. The first-order chi connectivity index (χ1) is 11.5. The highest BCUT2D eigenvalue weighted by Crippen LogP contribution is 2.37. The predicted molar refractivity (Wildman–Crippen MR) is 98.5 cm³/mol. The Balaban J connectivity index is 1.63. The van der Waals surface area contributed by atoms with Gasteiger partial charge in [0, 0.05) is 17.5 Å². The number of hydrogen-bond donors (Lipinski definition) is 2. The van der Waals surface area contributed by atoms with Crippen LogP contribution in [0.1, 0.15) is 13.3 Å². The second-order valence-electron chi connectivity index (χ2n) is 5.71. The van der Waals surface area contributed by atoms with Gasteiger partial charge in [-0.25, -0.2) is 0 Å². The fourth-order valence-corrected chi connectivity index (χ4v) is 3.54. The number of carbonyl (C=O) groups is 2. The highest BCUT2D eigenvalue weighted by Gasteiger charge is 2.39. The molecule has 1 heterocycles. The molecule has 0 unspecified atom stereocenters. The molecule has 0 aliphatic heterocycles. The van der Waals surface area contributed by atoms with Gasteiger partial charge in [-0.2, -0.15) is 0 Å². The molecule has 6 nitrogen and oxygen atoms in total. The average Bonchev–Trinajstić information content (AvgIpc) is 3.29. The van der Waals surface area contributed by atoms with Crippen molar-refractivity contribution in [3.63, 3.8) is 0 Å². The fraction of sp³-hybridized carbons (Fsp3) is 0.312. The number of hydrogen-bond acceptors (Lipinski definition) is 4.